The second kappa shape index (κ2) is 6.16. The second-order valence-electron chi connectivity index (χ2n) is 4.15. The first-order valence-electron chi connectivity index (χ1n) is 5.93. The van der Waals surface area contributed by atoms with Crippen LogP contribution in [0.4, 0.5) is 5.69 Å². The Morgan fingerprint density at radius 2 is 2.05 bits per heavy atom. The molecule has 102 valence electrons. The molecule has 0 fully saturated rings. The van der Waals surface area contributed by atoms with E-state index in [1.807, 2.05) is 24.3 Å². The summed E-state index contributed by atoms with van der Waals surface area (Å²) in [4.78, 5) is 22.3. The molecule has 0 saturated carbocycles. The number of nitrogens with one attached hydrogen (secondary N) is 1. The number of amides is 1. The second-order valence-corrected chi connectivity index (χ2v) is 5.07. The predicted octanol–water partition coefficient (Wildman–Crippen LogP) is 3.58. The maximum Gasteiger partial charge on any atom is 0.346 e. The Bertz CT molecular complexity index is 673. The van der Waals surface area contributed by atoms with Crippen molar-refractivity contribution in [2.45, 2.75) is 6.92 Å². The first-order chi connectivity index (χ1) is 9.56. The van der Waals surface area contributed by atoms with E-state index in [2.05, 4.69) is 5.32 Å². The van der Waals surface area contributed by atoms with Gasteiger partial charge in [0.1, 0.15) is 4.88 Å². The summed E-state index contributed by atoms with van der Waals surface area (Å²) >= 11 is 1.20. The van der Waals surface area contributed by atoms with Crippen LogP contribution >= 0.6 is 11.3 Å². The lowest BCUT2D eigenvalue weighted by Crippen LogP contribution is -2.05. The van der Waals surface area contributed by atoms with Crippen molar-refractivity contribution in [1.82, 2.24) is 0 Å². The van der Waals surface area contributed by atoms with Crippen molar-refractivity contribution >= 4 is 41.1 Å². The molecule has 0 atom stereocenters. The van der Waals surface area contributed by atoms with Crippen LogP contribution in [-0.2, 0) is 4.79 Å². The standard InChI is InChI=1S/C15H13NO3S/c1-10(17)16-13-4-2-3-11(9-13)5-6-12-7-8-20-14(12)15(18)19/h2-9H,1H3,(H,16,17)(H,18,19)/b6-5-. The third-order valence-electron chi connectivity index (χ3n) is 2.55. The summed E-state index contributed by atoms with van der Waals surface area (Å²) in [7, 11) is 0. The zero-order valence-corrected chi connectivity index (χ0v) is 11.6. The molecule has 1 amide bonds. The van der Waals surface area contributed by atoms with E-state index in [4.69, 9.17) is 5.11 Å². The smallest absolute Gasteiger partial charge is 0.346 e. The van der Waals surface area contributed by atoms with Gasteiger partial charge in [0.05, 0.1) is 0 Å². The molecule has 0 unspecified atom stereocenters. The molecule has 0 aliphatic heterocycles. The molecule has 20 heavy (non-hydrogen) atoms. The van der Waals surface area contributed by atoms with Gasteiger partial charge in [0.15, 0.2) is 0 Å². The largest absolute Gasteiger partial charge is 0.477 e. The molecule has 1 heterocycles. The fourth-order valence-corrected chi connectivity index (χ4v) is 2.46. The molecule has 1 aromatic carbocycles. The maximum atomic E-state index is 11.0. The molecule has 0 radical (unpaired) electrons. The Hall–Kier alpha value is -2.40. The van der Waals surface area contributed by atoms with Gasteiger partial charge in [-0.2, -0.15) is 0 Å². The SMILES string of the molecule is CC(=O)Nc1cccc(/C=C\c2ccsc2C(=O)O)c1. The summed E-state index contributed by atoms with van der Waals surface area (Å²) in [5, 5.41) is 13.5. The lowest BCUT2D eigenvalue weighted by atomic mass is 10.1. The van der Waals surface area contributed by atoms with Crippen molar-refractivity contribution in [2.24, 2.45) is 0 Å². The highest BCUT2D eigenvalue weighted by atomic mass is 32.1. The van der Waals surface area contributed by atoms with Gasteiger partial charge in [0.2, 0.25) is 5.91 Å². The predicted molar refractivity (Wildman–Crippen MR) is 81.0 cm³/mol. The van der Waals surface area contributed by atoms with E-state index in [-0.39, 0.29) is 5.91 Å². The van der Waals surface area contributed by atoms with Gasteiger partial charge in [0, 0.05) is 12.6 Å². The molecule has 0 spiro atoms. The van der Waals surface area contributed by atoms with Crippen molar-refractivity contribution in [3.8, 4) is 0 Å². The van der Waals surface area contributed by atoms with Gasteiger partial charge in [-0.1, -0.05) is 24.3 Å². The summed E-state index contributed by atoms with van der Waals surface area (Å²) in [5.41, 5.74) is 2.27. The number of carboxylic acid groups (broad SMARTS) is 1. The number of hydrogen-bond acceptors (Lipinski definition) is 3. The Labute approximate surface area is 120 Å². The summed E-state index contributed by atoms with van der Waals surface area (Å²) in [6, 6.07) is 9.10. The van der Waals surface area contributed by atoms with Gasteiger partial charge < -0.3 is 10.4 Å². The van der Waals surface area contributed by atoms with Crippen molar-refractivity contribution in [2.75, 3.05) is 5.32 Å². The molecule has 0 bridgehead atoms. The number of benzene rings is 1. The molecule has 4 nitrogen and oxygen atoms in total. The van der Waals surface area contributed by atoms with Gasteiger partial charge in [-0.25, -0.2) is 4.79 Å². The van der Waals surface area contributed by atoms with Crippen LogP contribution in [-0.4, -0.2) is 17.0 Å². The molecule has 1 aromatic heterocycles. The third kappa shape index (κ3) is 3.55. The number of hydrogen-bond donors (Lipinski definition) is 2. The Morgan fingerprint density at radius 1 is 1.25 bits per heavy atom. The quantitative estimate of drug-likeness (QED) is 0.903. The zero-order valence-electron chi connectivity index (χ0n) is 10.8. The average molecular weight is 287 g/mol. The zero-order chi connectivity index (χ0) is 14.5. The van der Waals surface area contributed by atoms with Crippen molar-refractivity contribution in [3.63, 3.8) is 0 Å². The molecule has 2 aromatic rings. The average Bonchev–Trinajstić information content (AvgIpc) is 2.84. The van der Waals surface area contributed by atoms with E-state index in [1.54, 1.807) is 23.6 Å². The minimum atomic E-state index is -0.924. The van der Waals surface area contributed by atoms with Crippen LogP contribution in [0.5, 0.6) is 0 Å². The van der Waals surface area contributed by atoms with Crippen LogP contribution in [0.2, 0.25) is 0 Å². The number of thiophene rings is 1. The van der Waals surface area contributed by atoms with Gasteiger partial charge in [-0.15, -0.1) is 11.3 Å². The number of carbonyl (C=O) groups excluding carboxylic acids is 1. The van der Waals surface area contributed by atoms with Crippen molar-refractivity contribution in [3.05, 3.63) is 51.7 Å². The van der Waals surface area contributed by atoms with Crippen molar-refractivity contribution in [1.29, 1.82) is 0 Å². The summed E-state index contributed by atoms with van der Waals surface area (Å²) < 4.78 is 0. The lowest BCUT2D eigenvalue weighted by Gasteiger charge is -2.02. The van der Waals surface area contributed by atoms with Crippen LogP contribution in [0.15, 0.2) is 35.7 Å². The van der Waals surface area contributed by atoms with Crippen LogP contribution in [0, 0.1) is 0 Å². The third-order valence-corrected chi connectivity index (χ3v) is 3.47. The van der Waals surface area contributed by atoms with Gasteiger partial charge >= 0.3 is 5.97 Å². The molecule has 0 aliphatic carbocycles. The Kier molecular flexibility index (Phi) is 4.32. The minimum absolute atomic E-state index is 0.128. The first-order valence-corrected chi connectivity index (χ1v) is 6.81. The van der Waals surface area contributed by atoms with Gasteiger partial charge in [-0.3, -0.25) is 4.79 Å². The van der Waals surface area contributed by atoms with Gasteiger partial charge in [0.25, 0.3) is 0 Å². The Morgan fingerprint density at radius 3 is 2.75 bits per heavy atom. The molecule has 2 rings (SSSR count). The minimum Gasteiger partial charge on any atom is -0.477 e. The van der Waals surface area contributed by atoms with Crippen LogP contribution < -0.4 is 5.32 Å². The molecule has 5 heteroatoms. The van der Waals surface area contributed by atoms with Crippen LogP contribution in [0.1, 0.15) is 27.7 Å². The van der Waals surface area contributed by atoms with Gasteiger partial charge in [-0.05, 0) is 34.7 Å². The number of aromatic carboxylic acids is 1. The van der Waals surface area contributed by atoms with E-state index in [1.165, 1.54) is 18.3 Å². The molecular formula is C15H13NO3S. The number of rotatable bonds is 4. The Balaban J connectivity index is 2.21. The number of carboxylic acids is 1. The molecular weight excluding hydrogens is 274 g/mol. The molecule has 0 aliphatic rings. The summed E-state index contributed by atoms with van der Waals surface area (Å²) in [5.74, 6) is -1.05. The highest BCUT2D eigenvalue weighted by Crippen LogP contribution is 2.20. The fraction of sp³-hybridized carbons (Fsp3) is 0.0667. The number of carbonyl (C=O) groups is 2. The van der Waals surface area contributed by atoms with Crippen LogP contribution in [0.25, 0.3) is 12.2 Å². The number of anilines is 1. The normalized spacial score (nSPS) is 10.7. The van der Waals surface area contributed by atoms with E-state index in [9.17, 15) is 9.59 Å². The lowest BCUT2D eigenvalue weighted by molar-refractivity contribution is -0.114. The van der Waals surface area contributed by atoms with E-state index in [0.29, 0.717) is 16.1 Å². The first kappa shape index (κ1) is 14.0. The molecule has 0 saturated heterocycles. The highest BCUT2D eigenvalue weighted by Gasteiger charge is 2.08. The summed E-state index contributed by atoms with van der Waals surface area (Å²) in [6.45, 7) is 1.45. The monoisotopic (exact) mass is 287 g/mol. The topological polar surface area (TPSA) is 66.4 Å². The van der Waals surface area contributed by atoms with E-state index < -0.39 is 5.97 Å². The molecule has 2 N–H and O–H groups in total. The van der Waals surface area contributed by atoms with E-state index in [0.717, 1.165) is 5.56 Å². The highest BCUT2D eigenvalue weighted by molar-refractivity contribution is 7.12. The maximum absolute atomic E-state index is 11.0. The summed E-state index contributed by atoms with van der Waals surface area (Å²) in [6.07, 6.45) is 3.58. The fourth-order valence-electron chi connectivity index (χ4n) is 1.73. The van der Waals surface area contributed by atoms with Crippen LogP contribution in [0.3, 0.4) is 0 Å². The van der Waals surface area contributed by atoms with Crippen molar-refractivity contribution < 1.29 is 14.7 Å². The van der Waals surface area contributed by atoms with E-state index >= 15 is 0 Å².